The van der Waals surface area contributed by atoms with Crippen LogP contribution in [-0.4, -0.2) is 34.4 Å². The van der Waals surface area contributed by atoms with Crippen LogP contribution in [0.3, 0.4) is 0 Å². The number of nitrogens with zero attached hydrogens (tertiary/aromatic N) is 1. The number of carbonyl (C=O) groups is 1. The third-order valence-corrected chi connectivity index (χ3v) is 1.90. The van der Waals surface area contributed by atoms with Gasteiger partial charge in [-0.2, -0.15) is 5.06 Å². The molecule has 13 heavy (non-hydrogen) atoms. The standard InChI is InChI=1S/C9H17NO3/c1-9(2,3)13-8(11)7-5-4-6-10(7)12/h7,12H,4-6H2,1-3H3/t7-/m1/s1. The lowest BCUT2D eigenvalue weighted by atomic mass is 10.2. The molecule has 4 nitrogen and oxygen atoms in total. The van der Waals surface area contributed by atoms with Gasteiger partial charge in [-0.05, 0) is 33.6 Å². The molecule has 0 aromatic carbocycles. The van der Waals surface area contributed by atoms with Crippen molar-refractivity contribution >= 4 is 5.97 Å². The maximum atomic E-state index is 11.4. The maximum Gasteiger partial charge on any atom is 0.326 e. The van der Waals surface area contributed by atoms with Gasteiger partial charge < -0.3 is 9.94 Å². The van der Waals surface area contributed by atoms with Crippen molar-refractivity contribution in [3.8, 4) is 0 Å². The number of hydroxylamine groups is 2. The summed E-state index contributed by atoms with van der Waals surface area (Å²) in [5.74, 6) is -0.326. The molecule has 1 rings (SSSR count). The van der Waals surface area contributed by atoms with Crippen LogP contribution in [0, 0.1) is 0 Å². The number of hydrogen-bond donors (Lipinski definition) is 1. The Morgan fingerprint density at radius 3 is 2.54 bits per heavy atom. The first kappa shape index (κ1) is 10.5. The quantitative estimate of drug-likeness (QED) is 0.626. The van der Waals surface area contributed by atoms with Gasteiger partial charge in [0.15, 0.2) is 0 Å². The third kappa shape index (κ3) is 2.97. The van der Waals surface area contributed by atoms with Crippen molar-refractivity contribution in [3.63, 3.8) is 0 Å². The molecule has 76 valence electrons. The Labute approximate surface area is 78.4 Å². The van der Waals surface area contributed by atoms with Crippen LogP contribution in [0.5, 0.6) is 0 Å². The van der Waals surface area contributed by atoms with Crippen LogP contribution < -0.4 is 0 Å². The van der Waals surface area contributed by atoms with Gasteiger partial charge in [-0.1, -0.05) is 0 Å². The average Bonchev–Trinajstić information content (AvgIpc) is 2.30. The molecule has 1 aliphatic heterocycles. The summed E-state index contributed by atoms with van der Waals surface area (Å²) >= 11 is 0. The summed E-state index contributed by atoms with van der Waals surface area (Å²) in [6.07, 6.45) is 1.53. The van der Waals surface area contributed by atoms with E-state index in [9.17, 15) is 10.0 Å². The van der Waals surface area contributed by atoms with E-state index in [2.05, 4.69) is 0 Å². The van der Waals surface area contributed by atoms with Gasteiger partial charge in [0, 0.05) is 6.54 Å². The van der Waals surface area contributed by atoms with Crippen molar-refractivity contribution in [1.29, 1.82) is 0 Å². The second-order valence-corrected chi connectivity index (χ2v) is 4.35. The molecule has 1 heterocycles. The van der Waals surface area contributed by atoms with Gasteiger partial charge in [0.1, 0.15) is 11.6 Å². The first-order valence-electron chi connectivity index (χ1n) is 4.58. The predicted molar refractivity (Wildman–Crippen MR) is 47.4 cm³/mol. The van der Waals surface area contributed by atoms with Crippen molar-refractivity contribution < 1.29 is 14.7 Å². The predicted octanol–water partition coefficient (Wildman–Crippen LogP) is 1.18. The highest BCUT2D eigenvalue weighted by molar-refractivity contribution is 5.76. The zero-order valence-electron chi connectivity index (χ0n) is 8.41. The van der Waals surface area contributed by atoms with E-state index in [1.807, 2.05) is 20.8 Å². The molecule has 0 saturated carbocycles. The largest absolute Gasteiger partial charge is 0.459 e. The highest BCUT2D eigenvalue weighted by Crippen LogP contribution is 2.18. The molecule has 0 aromatic rings. The lowest BCUT2D eigenvalue weighted by Crippen LogP contribution is -2.38. The van der Waals surface area contributed by atoms with Gasteiger partial charge in [0.25, 0.3) is 0 Å². The van der Waals surface area contributed by atoms with Crippen molar-refractivity contribution in [2.24, 2.45) is 0 Å². The zero-order valence-corrected chi connectivity index (χ0v) is 8.41. The van der Waals surface area contributed by atoms with Crippen molar-refractivity contribution in [2.45, 2.75) is 45.3 Å². The highest BCUT2D eigenvalue weighted by Gasteiger charge is 2.33. The minimum absolute atomic E-state index is 0.326. The van der Waals surface area contributed by atoms with Gasteiger partial charge >= 0.3 is 5.97 Å². The zero-order chi connectivity index (χ0) is 10.1. The monoisotopic (exact) mass is 187 g/mol. The minimum atomic E-state index is -0.472. The van der Waals surface area contributed by atoms with E-state index in [0.717, 1.165) is 11.5 Å². The molecule has 0 aromatic heterocycles. The van der Waals surface area contributed by atoms with Crippen LogP contribution in [0.4, 0.5) is 0 Å². The van der Waals surface area contributed by atoms with E-state index in [4.69, 9.17) is 4.74 Å². The number of ether oxygens (including phenoxy) is 1. The fourth-order valence-electron chi connectivity index (χ4n) is 1.36. The molecule has 1 fully saturated rings. The van der Waals surface area contributed by atoms with Crippen LogP contribution >= 0.6 is 0 Å². The second-order valence-electron chi connectivity index (χ2n) is 4.35. The van der Waals surface area contributed by atoms with Gasteiger partial charge in [-0.15, -0.1) is 0 Å². The Bertz CT molecular complexity index is 198. The summed E-state index contributed by atoms with van der Waals surface area (Å²) in [4.78, 5) is 11.4. The first-order valence-corrected chi connectivity index (χ1v) is 4.58. The summed E-state index contributed by atoms with van der Waals surface area (Å²) in [6.45, 7) is 6.02. The Balaban J connectivity index is 2.48. The molecular formula is C9H17NO3. The maximum absolute atomic E-state index is 11.4. The molecule has 4 heteroatoms. The smallest absolute Gasteiger partial charge is 0.326 e. The van der Waals surface area contributed by atoms with Gasteiger partial charge in [0.05, 0.1) is 0 Å². The number of hydrogen-bond acceptors (Lipinski definition) is 4. The molecule has 1 atom stereocenters. The summed E-state index contributed by atoms with van der Waals surface area (Å²) in [5, 5.41) is 10.4. The Morgan fingerprint density at radius 1 is 1.54 bits per heavy atom. The van der Waals surface area contributed by atoms with E-state index in [1.54, 1.807) is 0 Å². The molecule has 0 radical (unpaired) electrons. The van der Waals surface area contributed by atoms with Crippen LogP contribution in [0.1, 0.15) is 33.6 Å². The number of carbonyl (C=O) groups excluding carboxylic acids is 1. The number of rotatable bonds is 1. The third-order valence-electron chi connectivity index (χ3n) is 1.90. The summed E-state index contributed by atoms with van der Waals surface area (Å²) < 4.78 is 5.15. The van der Waals surface area contributed by atoms with Crippen LogP contribution in [0.2, 0.25) is 0 Å². The summed E-state index contributed by atoms with van der Waals surface area (Å²) in [5.41, 5.74) is -0.472. The fourth-order valence-corrected chi connectivity index (χ4v) is 1.36. The van der Waals surface area contributed by atoms with E-state index in [-0.39, 0.29) is 5.97 Å². The van der Waals surface area contributed by atoms with Gasteiger partial charge in [-0.3, -0.25) is 4.79 Å². The summed E-state index contributed by atoms with van der Waals surface area (Å²) in [7, 11) is 0. The van der Waals surface area contributed by atoms with E-state index in [0.29, 0.717) is 13.0 Å². The lowest BCUT2D eigenvalue weighted by molar-refractivity contribution is -0.177. The summed E-state index contributed by atoms with van der Waals surface area (Å²) in [6, 6.07) is -0.459. The van der Waals surface area contributed by atoms with Crippen molar-refractivity contribution in [1.82, 2.24) is 5.06 Å². The van der Waals surface area contributed by atoms with Gasteiger partial charge in [-0.25, -0.2) is 0 Å². The Morgan fingerprint density at radius 2 is 2.15 bits per heavy atom. The molecule has 0 spiro atoms. The highest BCUT2D eigenvalue weighted by atomic mass is 16.6. The van der Waals surface area contributed by atoms with E-state index < -0.39 is 11.6 Å². The topological polar surface area (TPSA) is 49.8 Å². The van der Waals surface area contributed by atoms with Crippen LogP contribution in [0.25, 0.3) is 0 Å². The molecule has 1 aliphatic rings. The van der Waals surface area contributed by atoms with Crippen LogP contribution in [-0.2, 0) is 9.53 Å². The molecule has 1 N–H and O–H groups in total. The number of esters is 1. The molecule has 0 amide bonds. The molecule has 0 bridgehead atoms. The van der Waals surface area contributed by atoms with Crippen LogP contribution in [0.15, 0.2) is 0 Å². The molecule has 0 unspecified atom stereocenters. The first-order chi connectivity index (χ1) is 5.90. The molecule has 1 saturated heterocycles. The molecule has 0 aliphatic carbocycles. The SMILES string of the molecule is CC(C)(C)OC(=O)[C@H]1CCCN1O. The van der Waals surface area contributed by atoms with Crippen molar-refractivity contribution in [2.75, 3.05) is 6.54 Å². The van der Waals surface area contributed by atoms with E-state index >= 15 is 0 Å². The van der Waals surface area contributed by atoms with Crippen molar-refractivity contribution in [3.05, 3.63) is 0 Å². The minimum Gasteiger partial charge on any atom is -0.459 e. The average molecular weight is 187 g/mol. The van der Waals surface area contributed by atoms with Gasteiger partial charge in [0.2, 0.25) is 0 Å². The lowest BCUT2D eigenvalue weighted by Gasteiger charge is -2.24. The second kappa shape index (κ2) is 3.64. The normalized spacial score (nSPS) is 24.8. The Kier molecular flexibility index (Phi) is 2.93. The van der Waals surface area contributed by atoms with E-state index in [1.165, 1.54) is 0 Å². The Hall–Kier alpha value is -0.610. The molecular weight excluding hydrogens is 170 g/mol. The fraction of sp³-hybridized carbons (Fsp3) is 0.889.